The molecule has 0 aromatic carbocycles. The van der Waals surface area contributed by atoms with Crippen LogP contribution in [0.25, 0.3) is 0 Å². The highest BCUT2D eigenvalue weighted by Gasteiger charge is 2.46. The molecule has 1 aliphatic rings. The van der Waals surface area contributed by atoms with E-state index in [4.69, 9.17) is 16.2 Å². The first-order valence-electron chi connectivity index (χ1n) is 6.82. The molecule has 1 aromatic heterocycles. The molecule has 1 amide bonds. The van der Waals surface area contributed by atoms with Crippen LogP contribution in [0.4, 0.5) is 10.6 Å². The molecule has 1 fully saturated rings. The molecular formula is C14H22N4O2. The van der Waals surface area contributed by atoms with Crippen LogP contribution in [0.3, 0.4) is 0 Å². The summed E-state index contributed by atoms with van der Waals surface area (Å²) in [7, 11) is 0. The van der Waals surface area contributed by atoms with E-state index in [0.29, 0.717) is 17.4 Å². The largest absolute Gasteiger partial charge is 0.439 e. The lowest BCUT2D eigenvalue weighted by molar-refractivity contribution is 0.00886. The summed E-state index contributed by atoms with van der Waals surface area (Å²) in [5, 5.41) is 0. The molecule has 1 aliphatic carbocycles. The van der Waals surface area contributed by atoms with E-state index in [1.165, 1.54) is 6.20 Å². The highest BCUT2D eigenvalue weighted by atomic mass is 16.6. The van der Waals surface area contributed by atoms with Gasteiger partial charge in [0.2, 0.25) is 0 Å². The Balaban J connectivity index is 2.34. The van der Waals surface area contributed by atoms with E-state index < -0.39 is 12.2 Å². The highest BCUT2D eigenvalue weighted by molar-refractivity contribution is 5.65. The number of rotatable bonds is 4. The van der Waals surface area contributed by atoms with Crippen molar-refractivity contribution in [1.29, 1.82) is 0 Å². The maximum absolute atomic E-state index is 11.3. The predicted molar refractivity (Wildman–Crippen MR) is 75.5 cm³/mol. The number of primary amides is 1. The van der Waals surface area contributed by atoms with Crippen molar-refractivity contribution in [2.45, 2.75) is 39.7 Å². The SMILES string of the molecule is CC(C)(C)[C@@H](C1CC1)[C@@H](OC(N)=O)c1cnc(N)cn1. The molecular weight excluding hydrogens is 256 g/mol. The second kappa shape index (κ2) is 5.26. The van der Waals surface area contributed by atoms with Crippen molar-refractivity contribution in [2.24, 2.45) is 23.0 Å². The molecule has 0 radical (unpaired) electrons. The summed E-state index contributed by atoms with van der Waals surface area (Å²) >= 11 is 0. The van der Waals surface area contributed by atoms with Crippen molar-refractivity contribution in [1.82, 2.24) is 9.97 Å². The summed E-state index contributed by atoms with van der Waals surface area (Å²) in [6.45, 7) is 6.41. The molecule has 6 nitrogen and oxygen atoms in total. The lowest BCUT2D eigenvalue weighted by atomic mass is 9.73. The van der Waals surface area contributed by atoms with Gasteiger partial charge in [0.15, 0.2) is 6.10 Å². The van der Waals surface area contributed by atoms with Crippen molar-refractivity contribution in [2.75, 3.05) is 5.73 Å². The third kappa shape index (κ3) is 3.37. The number of nitrogens with zero attached hydrogens (tertiary/aromatic N) is 2. The van der Waals surface area contributed by atoms with Crippen molar-refractivity contribution < 1.29 is 9.53 Å². The van der Waals surface area contributed by atoms with E-state index in [9.17, 15) is 4.79 Å². The molecule has 0 unspecified atom stereocenters. The van der Waals surface area contributed by atoms with Gasteiger partial charge in [-0.05, 0) is 24.2 Å². The molecule has 0 saturated heterocycles. The minimum Gasteiger partial charge on any atom is -0.439 e. The van der Waals surface area contributed by atoms with Gasteiger partial charge in [0.05, 0.1) is 18.1 Å². The fraction of sp³-hybridized carbons (Fsp3) is 0.643. The van der Waals surface area contributed by atoms with E-state index in [1.54, 1.807) is 6.20 Å². The van der Waals surface area contributed by atoms with Gasteiger partial charge in [-0.15, -0.1) is 0 Å². The zero-order valence-electron chi connectivity index (χ0n) is 12.2. The quantitative estimate of drug-likeness (QED) is 0.879. The fourth-order valence-corrected chi connectivity index (χ4v) is 2.80. The van der Waals surface area contributed by atoms with Crippen molar-refractivity contribution >= 4 is 11.9 Å². The van der Waals surface area contributed by atoms with Crippen LogP contribution < -0.4 is 11.5 Å². The van der Waals surface area contributed by atoms with Crippen LogP contribution in [0.1, 0.15) is 45.4 Å². The first kappa shape index (κ1) is 14.6. The van der Waals surface area contributed by atoms with Crippen LogP contribution >= 0.6 is 0 Å². The van der Waals surface area contributed by atoms with E-state index in [-0.39, 0.29) is 11.3 Å². The summed E-state index contributed by atoms with van der Waals surface area (Å²) < 4.78 is 5.36. The predicted octanol–water partition coefficient (Wildman–Crippen LogP) is 2.27. The second-order valence-electron chi connectivity index (χ2n) is 6.45. The number of ether oxygens (including phenoxy) is 1. The minimum absolute atomic E-state index is 0.0235. The molecule has 1 heterocycles. The van der Waals surface area contributed by atoms with Crippen LogP contribution in [0.15, 0.2) is 12.4 Å². The van der Waals surface area contributed by atoms with Gasteiger partial charge in [-0.25, -0.2) is 9.78 Å². The molecule has 1 saturated carbocycles. The zero-order valence-corrected chi connectivity index (χ0v) is 12.2. The Kier molecular flexibility index (Phi) is 3.83. The lowest BCUT2D eigenvalue weighted by Gasteiger charge is -2.36. The first-order chi connectivity index (χ1) is 9.29. The number of aromatic nitrogens is 2. The summed E-state index contributed by atoms with van der Waals surface area (Å²) in [5.74, 6) is 1.02. The molecule has 4 N–H and O–H groups in total. The van der Waals surface area contributed by atoms with Gasteiger partial charge < -0.3 is 16.2 Å². The number of amides is 1. The van der Waals surface area contributed by atoms with Crippen LogP contribution in [-0.2, 0) is 4.74 Å². The summed E-state index contributed by atoms with van der Waals surface area (Å²) in [6, 6.07) is 0. The molecule has 2 rings (SSSR count). The molecule has 0 bridgehead atoms. The Morgan fingerprint density at radius 1 is 1.35 bits per heavy atom. The number of nitrogens with two attached hydrogens (primary N) is 2. The Morgan fingerprint density at radius 3 is 2.40 bits per heavy atom. The molecule has 0 aliphatic heterocycles. The number of nitrogen functional groups attached to an aromatic ring is 1. The minimum atomic E-state index is -0.788. The smallest absolute Gasteiger partial charge is 0.405 e. The third-order valence-electron chi connectivity index (χ3n) is 3.68. The van der Waals surface area contributed by atoms with Gasteiger partial charge >= 0.3 is 6.09 Å². The Labute approximate surface area is 118 Å². The van der Waals surface area contributed by atoms with Crippen LogP contribution in [0.5, 0.6) is 0 Å². The summed E-state index contributed by atoms with van der Waals surface area (Å²) in [6.07, 6.45) is 4.05. The van der Waals surface area contributed by atoms with Crippen LogP contribution in [-0.4, -0.2) is 16.1 Å². The topological polar surface area (TPSA) is 104 Å². The summed E-state index contributed by atoms with van der Waals surface area (Å²) in [4.78, 5) is 19.5. The molecule has 20 heavy (non-hydrogen) atoms. The van der Waals surface area contributed by atoms with Crippen LogP contribution in [0, 0.1) is 17.3 Å². The molecule has 110 valence electrons. The normalized spacial score (nSPS) is 18.4. The van der Waals surface area contributed by atoms with Gasteiger partial charge in [-0.1, -0.05) is 20.8 Å². The lowest BCUT2D eigenvalue weighted by Crippen LogP contribution is -2.33. The van der Waals surface area contributed by atoms with Gasteiger partial charge in [-0.2, -0.15) is 0 Å². The third-order valence-corrected chi connectivity index (χ3v) is 3.68. The molecule has 2 atom stereocenters. The molecule has 0 spiro atoms. The van der Waals surface area contributed by atoms with E-state index in [0.717, 1.165) is 12.8 Å². The van der Waals surface area contributed by atoms with Crippen LogP contribution in [0.2, 0.25) is 0 Å². The van der Waals surface area contributed by atoms with Crippen molar-refractivity contribution in [3.05, 3.63) is 18.1 Å². The number of hydrogen-bond donors (Lipinski definition) is 2. The van der Waals surface area contributed by atoms with Gasteiger partial charge in [0.1, 0.15) is 5.82 Å². The standard InChI is InChI=1S/C14H22N4O2/c1-14(2,3)11(8-4-5-8)12(20-13(16)19)9-6-18-10(15)7-17-9/h6-8,11-12H,4-5H2,1-3H3,(H2,15,18)(H2,16,19)/t11-,12-/m0/s1. The Bertz CT molecular complexity index is 477. The highest BCUT2D eigenvalue weighted by Crippen LogP contribution is 2.52. The monoisotopic (exact) mass is 278 g/mol. The average Bonchev–Trinajstić information content (AvgIpc) is 3.11. The van der Waals surface area contributed by atoms with Crippen molar-refractivity contribution in [3.63, 3.8) is 0 Å². The van der Waals surface area contributed by atoms with Crippen molar-refractivity contribution in [3.8, 4) is 0 Å². The number of carbonyl (C=O) groups is 1. The number of carbonyl (C=O) groups excluding carboxylic acids is 1. The Hall–Kier alpha value is -1.85. The fourth-order valence-electron chi connectivity index (χ4n) is 2.80. The van der Waals surface area contributed by atoms with E-state index in [2.05, 4.69) is 30.7 Å². The zero-order chi connectivity index (χ0) is 14.9. The van der Waals surface area contributed by atoms with Gasteiger partial charge in [0, 0.05) is 5.92 Å². The molecule has 1 aromatic rings. The maximum Gasteiger partial charge on any atom is 0.405 e. The van der Waals surface area contributed by atoms with Gasteiger partial charge in [0.25, 0.3) is 0 Å². The second-order valence-corrected chi connectivity index (χ2v) is 6.45. The first-order valence-corrected chi connectivity index (χ1v) is 6.82. The Morgan fingerprint density at radius 2 is 2.00 bits per heavy atom. The maximum atomic E-state index is 11.3. The average molecular weight is 278 g/mol. The summed E-state index contributed by atoms with van der Waals surface area (Å²) in [5.41, 5.74) is 11.4. The number of hydrogen-bond acceptors (Lipinski definition) is 5. The van der Waals surface area contributed by atoms with Gasteiger partial charge in [-0.3, -0.25) is 4.98 Å². The van der Waals surface area contributed by atoms with E-state index in [1.807, 2.05) is 0 Å². The number of anilines is 1. The van der Waals surface area contributed by atoms with E-state index >= 15 is 0 Å². The molecule has 6 heteroatoms.